The number of aliphatic carboxylic acids is 1. The first-order valence-electron chi connectivity index (χ1n) is 5.47. The summed E-state index contributed by atoms with van der Waals surface area (Å²) in [4.78, 5) is 14.9. The second-order valence-corrected chi connectivity index (χ2v) is 7.84. The highest BCUT2D eigenvalue weighted by Gasteiger charge is 2.41. The first kappa shape index (κ1) is 13.4. The summed E-state index contributed by atoms with van der Waals surface area (Å²) in [6, 6.07) is 0. The molecule has 0 saturated carbocycles. The molecule has 2 heterocycles. The van der Waals surface area contributed by atoms with Gasteiger partial charge in [-0.1, -0.05) is 6.92 Å². The molecule has 18 heavy (non-hydrogen) atoms. The van der Waals surface area contributed by atoms with E-state index in [1.165, 1.54) is 10.5 Å². The van der Waals surface area contributed by atoms with Crippen LogP contribution >= 0.6 is 11.3 Å². The standard InChI is InChI=1S/C10H14N2O4S2/c1-6-4-12(5-8(6)10(13)14)18(15,16)9-3-11-7(2)17-9/h3,6,8H,4-5H2,1-2H3,(H,13,14)/t6-,8-/m1/s1. The van der Waals surface area contributed by atoms with Crippen molar-refractivity contribution in [1.82, 2.24) is 9.29 Å². The molecule has 1 aromatic heterocycles. The van der Waals surface area contributed by atoms with Crippen LogP contribution in [0.4, 0.5) is 0 Å². The van der Waals surface area contributed by atoms with Gasteiger partial charge in [-0.15, -0.1) is 11.3 Å². The average Bonchev–Trinajstić information content (AvgIpc) is 2.84. The summed E-state index contributed by atoms with van der Waals surface area (Å²) >= 11 is 1.10. The summed E-state index contributed by atoms with van der Waals surface area (Å²) in [5, 5.41) is 9.69. The molecule has 8 heteroatoms. The Balaban J connectivity index is 2.26. The van der Waals surface area contributed by atoms with Crippen molar-refractivity contribution in [3.05, 3.63) is 11.2 Å². The third kappa shape index (κ3) is 2.27. The van der Waals surface area contributed by atoms with Crippen LogP contribution in [0.5, 0.6) is 0 Å². The minimum Gasteiger partial charge on any atom is -0.481 e. The zero-order valence-electron chi connectivity index (χ0n) is 10.0. The molecule has 1 saturated heterocycles. The molecule has 0 bridgehead atoms. The van der Waals surface area contributed by atoms with Gasteiger partial charge < -0.3 is 5.11 Å². The van der Waals surface area contributed by atoms with Crippen LogP contribution in [0.25, 0.3) is 0 Å². The number of aryl methyl sites for hydroxylation is 1. The van der Waals surface area contributed by atoms with E-state index in [9.17, 15) is 13.2 Å². The number of hydrogen-bond donors (Lipinski definition) is 1. The first-order chi connectivity index (χ1) is 8.32. The third-order valence-electron chi connectivity index (χ3n) is 3.09. The van der Waals surface area contributed by atoms with E-state index < -0.39 is 21.9 Å². The van der Waals surface area contributed by atoms with Crippen molar-refractivity contribution in [1.29, 1.82) is 0 Å². The summed E-state index contributed by atoms with van der Waals surface area (Å²) in [5.74, 6) is -1.75. The molecule has 100 valence electrons. The summed E-state index contributed by atoms with van der Waals surface area (Å²) in [6.07, 6.45) is 1.33. The maximum atomic E-state index is 12.3. The van der Waals surface area contributed by atoms with E-state index in [-0.39, 0.29) is 23.2 Å². The van der Waals surface area contributed by atoms with Crippen molar-refractivity contribution in [3.63, 3.8) is 0 Å². The average molecular weight is 290 g/mol. The van der Waals surface area contributed by atoms with Gasteiger partial charge in [0.15, 0.2) is 4.21 Å². The fraction of sp³-hybridized carbons (Fsp3) is 0.600. The van der Waals surface area contributed by atoms with Crippen LogP contribution in [0.3, 0.4) is 0 Å². The van der Waals surface area contributed by atoms with Crippen molar-refractivity contribution < 1.29 is 18.3 Å². The Kier molecular flexibility index (Phi) is 3.43. The SMILES string of the molecule is Cc1ncc(S(=O)(=O)N2C[C@@H](C)[C@H](C(=O)O)C2)s1. The van der Waals surface area contributed by atoms with E-state index in [1.54, 1.807) is 13.8 Å². The molecule has 0 aromatic carbocycles. The molecule has 2 rings (SSSR count). The molecule has 0 amide bonds. The van der Waals surface area contributed by atoms with E-state index >= 15 is 0 Å². The highest BCUT2D eigenvalue weighted by atomic mass is 32.2. The highest BCUT2D eigenvalue weighted by Crippen LogP contribution is 2.30. The predicted molar refractivity (Wildman–Crippen MR) is 65.9 cm³/mol. The number of carboxylic acids is 1. The van der Waals surface area contributed by atoms with E-state index in [4.69, 9.17) is 5.11 Å². The topological polar surface area (TPSA) is 87.6 Å². The molecule has 1 aromatic rings. The van der Waals surface area contributed by atoms with Crippen LogP contribution in [-0.2, 0) is 14.8 Å². The van der Waals surface area contributed by atoms with Gasteiger partial charge in [-0.05, 0) is 12.8 Å². The van der Waals surface area contributed by atoms with Gasteiger partial charge in [0, 0.05) is 13.1 Å². The lowest BCUT2D eigenvalue weighted by Crippen LogP contribution is -2.29. The summed E-state index contributed by atoms with van der Waals surface area (Å²) in [7, 11) is -3.59. The molecule has 1 aliphatic rings. The summed E-state index contributed by atoms with van der Waals surface area (Å²) in [6.45, 7) is 3.77. The minimum atomic E-state index is -3.59. The van der Waals surface area contributed by atoms with E-state index in [1.807, 2.05) is 0 Å². The van der Waals surface area contributed by atoms with Gasteiger partial charge in [0.25, 0.3) is 10.0 Å². The van der Waals surface area contributed by atoms with E-state index in [2.05, 4.69) is 4.98 Å². The van der Waals surface area contributed by atoms with Crippen LogP contribution < -0.4 is 0 Å². The fourth-order valence-electron chi connectivity index (χ4n) is 2.03. The number of nitrogens with zero attached hydrogens (tertiary/aromatic N) is 2. The number of sulfonamides is 1. The highest BCUT2D eigenvalue weighted by molar-refractivity contribution is 7.91. The largest absolute Gasteiger partial charge is 0.481 e. The number of carboxylic acid groups (broad SMARTS) is 1. The monoisotopic (exact) mass is 290 g/mol. The van der Waals surface area contributed by atoms with Gasteiger partial charge >= 0.3 is 5.97 Å². The number of hydrogen-bond acceptors (Lipinski definition) is 5. The lowest BCUT2D eigenvalue weighted by molar-refractivity contribution is -0.142. The Hall–Kier alpha value is -0.990. The predicted octanol–water partition coefficient (Wildman–Crippen LogP) is 0.793. The Morgan fingerprint density at radius 2 is 2.22 bits per heavy atom. The second kappa shape index (κ2) is 4.60. The van der Waals surface area contributed by atoms with Crippen LogP contribution in [0.15, 0.2) is 10.4 Å². The zero-order valence-corrected chi connectivity index (χ0v) is 11.7. The Morgan fingerprint density at radius 3 is 2.67 bits per heavy atom. The van der Waals surface area contributed by atoms with E-state index in [0.29, 0.717) is 5.01 Å². The second-order valence-electron chi connectivity index (χ2n) is 4.44. The Morgan fingerprint density at radius 1 is 1.56 bits per heavy atom. The maximum absolute atomic E-state index is 12.3. The lowest BCUT2D eigenvalue weighted by atomic mass is 9.99. The molecule has 0 unspecified atom stereocenters. The molecule has 6 nitrogen and oxygen atoms in total. The first-order valence-corrected chi connectivity index (χ1v) is 7.73. The van der Waals surface area contributed by atoms with Crippen molar-refractivity contribution >= 4 is 27.3 Å². The molecule has 2 atom stereocenters. The maximum Gasteiger partial charge on any atom is 0.308 e. The van der Waals surface area contributed by atoms with Crippen LogP contribution in [0, 0.1) is 18.8 Å². The smallest absolute Gasteiger partial charge is 0.308 e. The molecular formula is C10H14N2O4S2. The zero-order chi connectivity index (χ0) is 13.5. The van der Waals surface area contributed by atoms with Crippen LogP contribution in [0.1, 0.15) is 11.9 Å². The van der Waals surface area contributed by atoms with Crippen LogP contribution in [0.2, 0.25) is 0 Å². The van der Waals surface area contributed by atoms with Crippen molar-refractivity contribution in [3.8, 4) is 0 Å². The fourth-order valence-corrected chi connectivity index (χ4v) is 4.86. The van der Waals surface area contributed by atoms with Gasteiger partial charge in [-0.3, -0.25) is 4.79 Å². The number of carbonyl (C=O) groups is 1. The van der Waals surface area contributed by atoms with Gasteiger partial charge in [-0.2, -0.15) is 4.31 Å². The van der Waals surface area contributed by atoms with Crippen molar-refractivity contribution in [2.24, 2.45) is 11.8 Å². The molecule has 0 spiro atoms. The van der Waals surface area contributed by atoms with Gasteiger partial charge in [0.05, 0.1) is 17.1 Å². The number of aromatic nitrogens is 1. The molecule has 0 aliphatic carbocycles. The lowest BCUT2D eigenvalue weighted by Gasteiger charge is -2.13. The normalized spacial score (nSPS) is 25.4. The minimum absolute atomic E-state index is 0.0375. The van der Waals surface area contributed by atoms with Gasteiger partial charge in [-0.25, -0.2) is 13.4 Å². The van der Waals surface area contributed by atoms with E-state index in [0.717, 1.165) is 11.3 Å². The molecule has 1 fully saturated rings. The number of thiazole rings is 1. The number of rotatable bonds is 3. The molecule has 1 aliphatic heterocycles. The Bertz CT molecular complexity index is 566. The van der Waals surface area contributed by atoms with Crippen molar-refractivity contribution in [2.45, 2.75) is 18.1 Å². The quantitative estimate of drug-likeness (QED) is 0.889. The van der Waals surface area contributed by atoms with Gasteiger partial charge in [0.2, 0.25) is 0 Å². The Labute approximate surface area is 109 Å². The van der Waals surface area contributed by atoms with Gasteiger partial charge in [0.1, 0.15) is 0 Å². The summed E-state index contributed by atoms with van der Waals surface area (Å²) < 4.78 is 25.9. The third-order valence-corrected chi connectivity index (χ3v) is 6.27. The summed E-state index contributed by atoms with van der Waals surface area (Å²) in [5.41, 5.74) is 0. The molecular weight excluding hydrogens is 276 g/mol. The van der Waals surface area contributed by atoms with Crippen molar-refractivity contribution in [2.75, 3.05) is 13.1 Å². The van der Waals surface area contributed by atoms with Crippen LogP contribution in [-0.4, -0.2) is 41.9 Å². The molecule has 0 radical (unpaired) electrons. The molecule has 1 N–H and O–H groups in total.